The van der Waals surface area contributed by atoms with Crippen LogP contribution in [0.3, 0.4) is 0 Å². The third kappa shape index (κ3) is 4.13. The van der Waals surface area contributed by atoms with Gasteiger partial charge in [0, 0.05) is 19.1 Å². The number of likely N-dealkylation sites (N-methyl/N-ethyl adjacent to an activating group) is 1. The lowest BCUT2D eigenvalue weighted by Gasteiger charge is -2.48. The number of hydrogen-bond donors (Lipinski definition) is 0. The first-order valence-corrected chi connectivity index (χ1v) is 11.3. The van der Waals surface area contributed by atoms with Crippen LogP contribution in [-0.4, -0.2) is 60.1 Å². The Morgan fingerprint density at radius 3 is 2.64 bits per heavy atom. The standard InChI is InChI=1S/C24H36N2O2/c1-3-19-16-24(28-18-19)12-11-21(22(17-24)26-13-7-8-14-26)25(2)23(27)15-20-9-5-4-6-10-20/h4-6,9-10,19,21-22H,3,7-8,11-18H2,1-2H3. The molecule has 4 nitrogen and oxygen atoms in total. The zero-order chi connectivity index (χ0) is 19.6. The zero-order valence-electron chi connectivity index (χ0n) is 17.6. The molecule has 0 radical (unpaired) electrons. The number of benzene rings is 1. The van der Waals surface area contributed by atoms with E-state index in [1.165, 1.54) is 38.8 Å². The molecule has 1 aromatic rings. The third-order valence-electron chi connectivity index (χ3n) is 7.48. The van der Waals surface area contributed by atoms with Gasteiger partial charge in [-0.3, -0.25) is 9.69 Å². The van der Waals surface area contributed by atoms with Crippen LogP contribution in [0.5, 0.6) is 0 Å². The lowest BCUT2D eigenvalue weighted by molar-refractivity contribution is -0.136. The summed E-state index contributed by atoms with van der Waals surface area (Å²) in [6.07, 6.45) is 8.76. The molecule has 154 valence electrons. The minimum atomic E-state index is 0.0632. The highest BCUT2D eigenvalue weighted by Gasteiger charge is 2.49. The van der Waals surface area contributed by atoms with Gasteiger partial charge in [-0.1, -0.05) is 43.7 Å². The van der Waals surface area contributed by atoms with Crippen LogP contribution >= 0.6 is 0 Å². The second-order valence-corrected chi connectivity index (χ2v) is 9.26. The molecule has 4 rings (SSSR count). The molecular formula is C24H36N2O2. The van der Waals surface area contributed by atoms with Crippen LogP contribution in [0.1, 0.15) is 57.4 Å². The van der Waals surface area contributed by atoms with Gasteiger partial charge in [-0.05, 0) is 63.1 Å². The van der Waals surface area contributed by atoms with Crippen LogP contribution in [0.2, 0.25) is 0 Å². The molecule has 1 aliphatic carbocycles. The fourth-order valence-electron chi connectivity index (χ4n) is 5.72. The lowest BCUT2D eigenvalue weighted by Crippen LogP contribution is -2.58. The Hall–Kier alpha value is -1.39. The molecule has 0 N–H and O–H groups in total. The van der Waals surface area contributed by atoms with Gasteiger partial charge in [0.25, 0.3) is 0 Å². The molecule has 1 saturated carbocycles. The fraction of sp³-hybridized carbons (Fsp3) is 0.708. The fourth-order valence-corrected chi connectivity index (χ4v) is 5.72. The number of ether oxygens (including phenoxy) is 1. The number of carbonyl (C=O) groups is 1. The summed E-state index contributed by atoms with van der Waals surface area (Å²) in [5.74, 6) is 0.961. The monoisotopic (exact) mass is 384 g/mol. The van der Waals surface area contributed by atoms with E-state index >= 15 is 0 Å². The van der Waals surface area contributed by atoms with Gasteiger partial charge in [-0.25, -0.2) is 0 Å². The van der Waals surface area contributed by atoms with Crippen LogP contribution in [0.25, 0.3) is 0 Å². The topological polar surface area (TPSA) is 32.8 Å². The molecule has 2 saturated heterocycles. The van der Waals surface area contributed by atoms with Crippen LogP contribution in [0.15, 0.2) is 30.3 Å². The van der Waals surface area contributed by atoms with E-state index in [2.05, 4.69) is 28.9 Å². The zero-order valence-corrected chi connectivity index (χ0v) is 17.6. The Balaban J connectivity index is 1.48. The first kappa shape index (κ1) is 19.9. The van der Waals surface area contributed by atoms with Crippen LogP contribution in [-0.2, 0) is 16.0 Å². The summed E-state index contributed by atoms with van der Waals surface area (Å²) in [5.41, 5.74) is 1.17. The Morgan fingerprint density at radius 1 is 1.21 bits per heavy atom. The van der Waals surface area contributed by atoms with Gasteiger partial charge in [0.2, 0.25) is 5.91 Å². The molecule has 1 amide bonds. The number of rotatable bonds is 5. The molecular weight excluding hydrogens is 348 g/mol. The average Bonchev–Trinajstić information content (AvgIpc) is 3.39. The van der Waals surface area contributed by atoms with Crippen molar-refractivity contribution in [3.05, 3.63) is 35.9 Å². The molecule has 2 heterocycles. The third-order valence-corrected chi connectivity index (χ3v) is 7.48. The van der Waals surface area contributed by atoms with Crippen LogP contribution < -0.4 is 0 Å². The maximum Gasteiger partial charge on any atom is 0.227 e. The summed E-state index contributed by atoms with van der Waals surface area (Å²) >= 11 is 0. The number of amides is 1. The highest BCUT2D eigenvalue weighted by molar-refractivity contribution is 5.79. The van der Waals surface area contributed by atoms with Crippen molar-refractivity contribution in [3.8, 4) is 0 Å². The summed E-state index contributed by atoms with van der Waals surface area (Å²) < 4.78 is 6.43. The number of likely N-dealkylation sites (tertiary alicyclic amines) is 1. The molecule has 2 aliphatic heterocycles. The quantitative estimate of drug-likeness (QED) is 0.772. The van der Waals surface area contributed by atoms with E-state index in [-0.39, 0.29) is 11.5 Å². The first-order chi connectivity index (χ1) is 13.6. The maximum absolute atomic E-state index is 13.1. The Labute approximate surface area is 170 Å². The summed E-state index contributed by atoms with van der Waals surface area (Å²) in [4.78, 5) is 17.8. The molecule has 1 spiro atoms. The van der Waals surface area contributed by atoms with Crippen molar-refractivity contribution in [1.29, 1.82) is 0 Å². The van der Waals surface area contributed by atoms with E-state index in [4.69, 9.17) is 4.74 Å². The lowest BCUT2D eigenvalue weighted by atomic mass is 9.74. The molecule has 0 bridgehead atoms. The summed E-state index contributed by atoms with van der Waals surface area (Å²) in [5, 5.41) is 0. The highest BCUT2D eigenvalue weighted by atomic mass is 16.5. The van der Waals surface area contributed by atoms with Crippen LogP contribution in [0.4, 0.5) is 0 Å². The highest BCUT2D eigenvalue weighted by Crippen LogP contribution is 2.45. The van der Waals surface area contributed by atoms with E-state index in [9.17, 15) is 4.79 Å². The summed E-state index contributed by atoms with van der Waals surface area (Å²) in [6, 6.07) is 10.9. The van der Waals surface area contributed by atoms with Crippen LogP contribution in [0, 0.1) is 5.92 Å². The number of hydrogen-bond acceptors (Lipinski definition) is 3. The van der Waals surface area contributed by atoms with Crippen molar-refractivity contribution in [2.24, 2.45) is 5.92 Å². The summed E-state index contributed by atoms with van der Waals surface area (Å²) in [6.45, 7) is 5.56. The molecule has 1 aromatic carbocycles. The van der Waals surface area contributed by atoms with Crippen molar-refractivity contribution in [1.82, 2.24) is 9.80 Å². The SMILES string of the molecule is CCC1COC2(CCC(N(C)C(=O)Cc3ccccc3)C(N3CCCC3)C2)C1. The average molecular weight is 385 g/mol. The molecule has 3 fully saturated rings. The smallest absolute Gasteiger partial charge is 0.227 e. The van der Waals surface area contributed by atoms with E-state index in [0.29, 0.717) is 24.4 Å². The van der Waals surface area contributed by atoms with Gasteiger partial charge < -0.3 is 9.64 Å². The Bertz CT molecular complexity index is 658. The molecule has 4 unspecified atom stereocenters. The van der Waals surface area contributed by atoms with E-state index in [1.807, 2.05) is 25.2 Å². The van der Waals surface area contributed by atoms with Crippen molar-refractivity contribution in [2.75, 3.05) is 26.7 Å². The van der Waals surface area contributed by atoms with Gasteiger partial charge in [0.05, 0.1) is 18.6 Å². The first-order valence-electron chi connectivity index (χ1n) is 11.3. The second kappa shape index (κ2) is 8.54. The van der Waals surface area contributed by atoms with Gasteiger partial charge >= 0.3 is 0 Å². The van der Waals surface area contributed by atoms with E-state index in [1.54, 1.807) is 0 Å². The Morgan fingerprint density at radius 2 is 1.96 bits per heavy atom. The van der Waals surface area contributed by atoms with Crippen molar-refractivity contribution in [3.63, 3.8) is 0 Å². The molecule has 28 heavy (non-hydrogen) atoms. The van der Waals surface area contributed by atoms with Crippen molar-refractivity contribution in [2.45, 2.75) is 76.0 Å². The normalized spacial score (nSPS) is 33.4. The Kier molecular flexibility index (Phi) is 6.07. The largest absolute Gasteiger partial charge is 0.375 e. The molecule has 4 atom stereocenters. The van der Waals surface area contributed by atoms with Gasteiger partial charge in [-0.15, -0.1) is 0 Å². The molecule has 4 heteroatoms. The predicted octanol–water partition coefficient (Wildman–Crippen LogP) is 3.89. The van der Waals surface area contributed by atoms with Crippen molar-refractivity contribution >= 4 is 5.91 Å². The second-order valence-electron chi connectivity index (χ2n) is 9.26. The minimum absolute atomic E-state index is 0.0632. The minimum Gasteiger partial charge on any atom is -0.375 e. The molecule has 0 aromatic heterocycles. The van der Waals surface area contributed by atoms with Gasteiger partial charge in [0.1, 0.15) is 0 Å². The number of carbonyl (C=O) groups excluding carboxylic acids is 1. The van der Waals surface area contributed by atoms with Gasteiger partial charge in [0.15, 0.2) is 0 Å². The van der Waals surface area contributed by atoms with E-state index < -0.39 is 0 Å². The van der Waals surface area contributed by atoms with Crippen molar-refractivity contribution < 1.29 is 9.53 Å². The predicted molar refractivity (Wildman–Crippen MR) is 112 cm³/mol. The van der Waals surface area contributed by atoms with Gasteiger partial charge in [-0.2, -0.15) is 0 Å². The number of nitrogens with zero attached hydrogens (tertiary/aromatic N) is 2. The molecule has 3 aliphatic rings. The van der Waals surface area contributed by atoms with E-state index in [0.717, 1.165) is 31.4 Å². The summed E-state index contributed by atoms with van der Waals surface area (Å²) in [7, 11) is 2.03. The maximum atomic E-state index is 13.1.